The van der Waals surface area contributed by atoms with Crippen molar-refractivity contribution >= 4 is 28.4 Å². The lowest BCUT2D eigenvalue weighted by atomic mass is 10.1. The van der Waals surface area contributed by atoms with Gasteiger partial charge in [-0.2, -0.15) is 5.26 Å². The molecule has 26 heavy (non-hydrogen) atoms. The molecule has 0 radical (unpaired) electrons. The van der Waals surface area contributed by atoms with Crippen molar-refractivity contribution in [2.75, 3.05) is 12.9 Å². The number of Topliss-reactive ketones (excluding diaryl/α,β-unsaturated/α-hetero) is 1. The minimum Gasteiger partial charge on any atom is -0.497 e. The molecule has 0 fully saturated rings. The number of rotatable bonds is 5. The fraction of sp³-hybridized carbons (Fsp3) is 0.190. The van der Waals surface area contributed by atoms with Crippen LogP contribution >= 0.6 is 11.8 Å². The van der Waals surface area contributed by atoms with E-state index in [1.54, 1.807) is 31.4 Å². The van der Waals surface area contributed by atoms with Gasteiger partial charge in [0, 0.05) is 10.9 Å². The van der Waals surface area contributed by atoms with E-state index in [-0.39, 0.29) is 11.5 Å². The summed E-state index contributed by atoms with van der Waals surface area (Å²) >= 11 is 1.29. The summed E-state index contributed by atoms with van der Waals surface area (Å²) in [6.45, 7) is 4.03. The van der Waals surface area contributed by atoms with Crippen LogP contribution < -0.4 is 4.74 Å². The van der Waals surface area contributed by atoms with Gasteiger partial charge in [0.05, 0.1) is 23.9 Å². The van der Waals surface area contributed by atoms with E-state index in [1.807, 2.05) is 26.0 Å². The molecule has 0 bridgehead atoms. The van der Waals surface area contributed by atoms with Crippen LogP contribution in [0.5, 0.6) is 5.75 Å². The van der Waals surface area contributed by atoms with Crippen LogP contribution in [0.1, 0.15) is 27.0 Å². The highest BCUT2D eigenvalue weighted by Gasteiger charge is 2.13. The first-order valence-electron chi connectivity index (χ1n) is 8.14. The number of ketones is 1. The molecular formula is C21H18N2O2S. The predicted molar refractivity (Wildman–Crippen MR) is 104 cm³/mol. The van der Waals surface area contributed by atoms with Crippen molar-refractivity contribution in [1.82, 2.24) is 4.98 Å². The van der Waals surface area contributed by atoms with Crippen LogP contribution in [-0.2, 0) is 0 Å². The van der Waals surface area contributed by atoms with Gasteiger partial charge in [-0.05, 0) is 43.7 Å². The molecule has 3 rings (SSSR count). The lowest BCUT2D eigenvalue weighted by Crippen LogP contribution is -2.03. The number of benzene rings is 2. The second-order valence-corrected chi connectivity index (χ2v) is 7.01. The third kappa shape index (κ3) is 3.71. The molecule has 0 amide bonds. The van der Waals surface area contributed by atoms with Crippen LogP contribution in [0.4, 0.5) is 0 Å². The number of nitrogens with zero attached hydrogens (tertiary/aromatic N) is 2. The van der Waals surface area contributed by atoms with Gasteiger partial charge in [-0.1, -0.05) is 35.5 Å². The summed E-state index contributed by atoms with van der Waals surface area (Å²) in [5.41, 5.74) is 4.14. The van der Waals surface area contributed by atoms with Gasteiger partial charge >= 0.3 is 0 Å². The fourth-order valence-electron chi connectivity index (χ4n) is 2.84. The topological polar surface area (TPSA) is 63.0 Å². The summed E-state index contributed by atoms with van der Waals surface area (Å²) in [7, 11) is 1.57. The number of hydrogen-bond donors (Lipinski definition) is 0. The Labute approximate surface area is 156 Å². The number of methoxy groups -OCH3 is 1. The lowest BCUT2D eigenvalue weighted by molar-refractivity contribution is 0.102. The molecule has 0 saturated carbocycles. The van der Waals surface area contributed by atoms with Crippen molar-refractivity contribution in [1.29, 1.82) is 5.26 Å². The molecule has 4 nitrogen and oxygen atoms in total. The Kier molecular flexibility index (Phi) is 5.24. The molecule has 130 valence electrons. The molecule has 0 saturated heterocycles. The Bertz CT molecular complexity index is 1040. The second-order valence-electron chi connectivity index (χ2n) is 6.05. The van der Waals surface area contributed by atoms with E-state index in [0.29, 0.717) is 21.9 Å². The summed E-state index contributed by atoms with van der Waals surface area (Å²) in [6, 6.07) is 15.2. The van der Waals surface area contributed by atoms with Crippen LogP contribution in [0.3, 0.4) is 0 Å². The molecule has 0 aliphatic rings. The zero-order valence-corrected chi connectivity index (χ0v) is 15.7. The van der Waals surface area contributed by atoms with Gasteiger partial charge < -0.3 is 4.74 Å². The van der Waals surface area contributed by atoms with Crippen LogP contribution in [0.2, 0.25) is 0 Å². The molecule has 0 spiro atoms. The Morgan fingerprint density at radius 1 is 1.23 bits per heavy atom. The number of aryl methyl sites for hydroxylation is 2. The minimum absolute atomic E-state index is 0.0275. The molecule has 1 heterocycles. The zero-order valence-electron chi connectivity index (χ0n) is 14.9. The first kappa shape index (κ1) is 18.0. The summed E-state index contributed by atoms with van der Waals surface area (Å²) in [5.74, 6) is 0.833. The monoisotopic (exact) mass is 362 g/mol. The summed E-state index contributed by atoms with van der Waals surface area (Å²) in [4.78, 5) is 17.1. The van der Waals surface area contributed by atoms with E-state index < -0.39 is 0 Å². The van der Waals surface area contributed by atoms with Crippen molar-refractivity contribution in [2.45, 2.75) is 18.9 Å². The third-order valence-corrected chi connectivity index (χ3v) is 5.06. The molecule has 0 aliphatic heterocycles. The molecule has 0 unspecified atom stereocenters. The zero-order chi connectivity index (χ0) is 18.7. The smallest absolute Gasteiger partial charge is 0.173 e. The van der Waals surface area contributed by atoms with Crippen molar-refractivity contribution in [3.63, 3.8) is 0 Å². The average molecular weight is 362 g/mol. The Balaban J connectivity index is 1.88. The number of hydrogen-bond acceptors (Lipinski definition) is 5. The summed E-state index contributed by atoms with van der Waals surface area (Å²) in [6.07, 6.45) is 0. The second kappa shape index (κ2) is 7.59. The number of carbonyl (C=O) groups excluding carboxylic acids is 1. The maximum atomic E-state index is 12.5. The first-order chi connectivity index (χ1) is 12.5. The molecule has 0 aliphatic carbocycles. The van der Waals surface area contributed by atoms with E-state index in [4.69, 9.17) is 4.74 Å². The standard InChI is InChI=1S/C21H18N2O2S/c1-13-7-14(2)20-16(8-13)9-17(11-22)21(23-20)26-12-19(24)15-5-4-6-18(10-15)25-3/h4-10H,12H2,1-3H3. The van der Waals surface area contributed by atoms with Crippen LogP contribution in [-0.4, -0.2) is 23.6 Å². The minimum atomic E-state index is -0.0275. The van der Waals surface area contributed by atoms with Gasteiger partial charge in [0.1, 0.15) is 16.8 Å². The number of fused-ring (bicyclic) bond motifs is 1. The fourth-order valence-corrected chi connectivity index (χ4v) is 3.69. The average Bonchev–Trinajstić information content (AvgIpc) is 2.65. The van der Waals surface area contributed by atoms with E-state index in [2.05, 4.69) is 17.1 Å². The molecule has 0 atom stereocenters. The van der Waals surface area contributed by atoms with Crippen LogP contribution in [0.15, 0.2) is 47.5 Å². The van der Waals surface area contributed by atoms with Crippen molar-refractivity contribution < 1.29 is 9.53 Å². The quantitative estimate of drug-likeness (QED) is 0.486. The van der Waals surface area contributed by atoms with Crippen LogP contribution in [0.25, 0.3) is 10.9 Å². The Morgan fingerprint density at radius 2 is 2.04 bits per heavy atom. The van der Waals surface area contributed by atoms with Crippen molar-refractivity contribution in [2.24, 2.45) is 0 Å². The third-order valence-electron chi connectivity index (χ3n) is 4.07. The molecule has 2 aromatic carbocycles. The highest BCUT2D eigenvalue weighted by molar-refractivity contribution is 8.00. The molecule has 5 heteroatoms. The van der Waals surface area contributed by atoms with Crippen molar-refractivity contribution in [3.8, 4) is 11.8 Å². The van der Waals surface area contributed by atoms with E-state index in [1.165, 1.54) is 11.8 Å². The van der Waals surface area contributed by atoms with Gasteiger partial charge in [-0.25, -0.2) is 4.98 Å². The van der Waals surface area contributed by atoms with E-state index in [9.17, 15) is 10.1 Å². The van der Waals surface area contributed by atoms with E-state index in [0.717, 1.165) is 22.0 Å². The maximum absolute atomic E-state index is 12.5. The van der Waals surface area contributed by atoms with Gasteiger partial charge in [-0.3, -0.25) is 4.79 Å². The number of thioether (sulfide) groups is 1. The number of carbonyl (C=O) groups is 1. The number of nitriles is 1. The summed E-state index contributed by atoms with van der Waals surface area (Å²) in [5, 5.41) is 11.0. The number of pyridine rings is 1. The van der Waals surface area contributed by atoms with Gasteiger partial charge in [0.2, 0.25) is 0 Å². The summed E-state index contributed by atoms with van der Waals surface area (Å²) < 4.78 is 5.16. The van der Waals surface area contributed by atoms with Gasteiger partial charge in [0.25, 0.3) is 0 Å². The number of aromatic nitrogens is 1. The van der Waals surface area contributed by atoms with E-state index >= 15 is 0 Å². The number of ether oxygens (including phenoxy) is 1. The normalized spacial score (nSPS) is 10.5. The highest BCUT2D eigenvalue weighted by Crippen LogP contribution is 2.28. The van der Waals surface area contributed by atoms with Crippen LogP contribution in [0, 0.1) is 25.2 Å². The Hall–Kier alpha value is -2.84. The van der Waals surface area contributed by atoms with Gasteiger partial charge in [0.15, 0.2) is 5.78 Å². The molecule has 1 aromatic heterocycles. The lowest BCUT2D eigenvalue weighted by Gasteiger charge is -2.09. The predicted octanol–water partition coefficient (Wildman–Crippen LogP) is 4.71. The molecular weight excluding hydrogens is 344 g/mol. The first-order valence-corrected chi connectivity index (χ1v) is 9.12. The highest BCUT2D eigenvalue weighted by atomic mass is 32.2. The molecule has 3 aromatic rings. The Morgan fingerprint density at radius 3 is 2.77 bits per heavy atom. The molecule has 0 N–H and O–H groups in total. The van der Waals surface area contributed by atoms with Gasteiger partial charge in [-0.15, -0.1) is 0 Å². The maximum Gasteiger partial charge on any atom is 0.173 e. The largest absolute Gasteiger partial charge is 0.497 e. The van der Waals surface area contributed by atoms with Crippen molar-refractivity contribution in [3.05, 3.63) is 64.7 Å². The SMILES string of the molecule is COc1cccc(C(=O)CSc2nc3c(C)cc(C)cc3cc2C#N)c1.